The van der Waals surface area contributed by atoms with Crippen molar-refractivity contribution in [2.24, 2.45) is 0 Å². The molecular formula is C21H22F3N3O5. The first-order valence-corrected chi connectivity index (χ1v) is 9.71. The van der Waals surface area contributed by atoms with Gasteiger partial charge in [-0.05, 0) is 24.3 Å². The number of carbonyl (C=O) groups is 2. The number of carbonyl (C=O) groups excluding carboxylic acids is 2. The van der Waals surface area contributed by atoms with Gasteiger partial charge in [0, 0.05) is 38.4 Å². The summed E-state index contributed by atoms with van der Waals surface area (Å²) in [5.41, 5.74) is -2.24. The van der Waals surface area contributed by atoms with Crippen LogP contribution in [-0.4, -0.2) is 66.6 Å². The first kappa shape index (κ1) is 23.2. The van der Waals surface area contributed by atoms with Crippen LogP contribution in [0.1, 0.15) is 15.9 Å². The van der Waals surface area contributed by atoms with Crippen LogP contribution in [0.2, 0.25) is 0 Å². The Morgan fingerprint density at radius 1 is 1.00 bits per heavy atom. The van der Waals surface area contributed by atoms with Crippen molar-refractivity contribution in [3.8, 4) is 11.5 Å². The van der Waals surface area contributed by atoms with Crippen molar-refractivity contribution in [1.82, 2.24) is 14.4 Å². The van der Waals surface area contributed by atoms with Gasteiger partial charge in [0.25, 0.3) is 11.5 Å². The minimum atomic E-state index is -4.79. The zero-order valence-electron chi connectivity index (χ0n) is 17.5. The molecule has 11 heteroatoms. The Balaban J connectivity index is 1.65. The summed E-state index contributed by atoms with van der Waals surface area (Å²) in [5, 5.41) is 0. The average Bonchev–Trinajstić information content (AvgIpc) is 2.78. The first-order chi connectivity index (χ1) is 15.2. The SMILES string of the molecule is COc1ccc(C(=O)N2CCN(C(=O)Cn3cccc(C(F)(F)F)c3=O)CC2)c(OC)c1. The summed E-state index contributed by atoms with van der Waals surface area (Å²) in [6.45, 7) is 0.338. The molecule has 32 heavy (non-hydrogen) atoms. The quantitative estimate of drug-likeness (QED) is 0.691. The molecule has 1 aromatic heterocycles. The third kappa shape index (κ3) is 4.87. The van der Waals surface area contributed by atoms with Gasteiger partial charge in [-0.3, -0.25) is 14.4 Å². The van der Waals surface area contributed by atoms with Gasteiger partial charge in [0.1, 0.15) is 23.6 Å². The van der Waals surface area contributed by atoms with Gasteiger partial charge < -0.3 is 23.8 Å². The number of benzene rings is 1. The van der Waals surface area contributed by atoms with E-state index in [2.05, 4.69) is 0 Å². The average molecular weight is 453 g/mol. The minimum Gasteiger partial charge on any atom is -0.497 e. The minimum absolute atomic E-state index is 0.191. The van der Waals surface area contributed by atoms with Crippen molar-refractivity contribution in [2.75, 3.05) is 40.4 Å². The second kappa shape index (κ2) is 9.33. The van der Waals surface area contributed by atoms with E-state index < -0.39 is 29.8 Å². The highest BCUT2D eigenvalue weighted by Crippen LogP contribution is 2.27. The van der Waals surface area contributed by atoms with E-state index in [-0.39, 0.29) is 32.1 Å². The molecule has 1 aliphatic rings. The van der Waals surface area contributed by atoms with E-state index in [1.807, 2.05) is 0 Å². The lowest BCUT2D eigenvalue weighted by Crippen LogP contribution is -2.51. The van der Waals surface area contributed by atoms with Gasteiger partial charge in [0.05, 0.1) is 19.8 Å². The molecule has 0 aliphatic carbocycles. The van der Waals surface area contributed by atoms with Crippen LogP contribution >= 0.6 is 0 Å². The van der Waals surface area contributed by atoms with Crippen molar-refractivity contribution >= 4 is 11.8 Å². The van der Waals surface area contributed by atoms with Crippen LogP contribution in [0, 0.1) is 0 Å². The largest absolute Gasteiger partial charge is 0.497 e. The van der Waals surface area contributed by atoms with Crippen LogP contribution in [0.25, 0.3) is 0 Å². The van der Waals surface area contributed by atoms with Crippen molar-refractivity contribution in [3.63, 3.8) is 0 Å². The monoisotopic (exact) mass is 453 g/mol. The van der Waals surface area contributed by atoms with Crippen LogP contribution in [0.15, 0.2) is 41.3 Å². The molecule has 2 heterocycles. The molecule has 0 unspecified atom stereocenters. The summed E-state index contributed by atoms with van der Waals surface area (Å²) in [5.74, 6) is 0.127. The van der Waals surface area contributed by atoms with Crippen LogP contribution in [0.5, 0.6) is 11.5 Å². The van der Waals surface area contributed by atoms with E-state index in [0.717, 1.165) is 16.8 Å². The van der Waals surface area contributed by atoms with E-state index in [0.29, 0.717) is 23.1 Å². The van der Waals surface area contributed by atoms with Gasteiger partial charge >= 0.3 is 6.18 Å². The van der Waals surface area contributed by atoms with Gasteiger partial charge in [-0.25, -0.2) is 0 Å². The molecule has 0 radical (unpaired) electrons. The molecule has 0 N–H and O–H groups in total. The molecule has 2 aromatic rings. The van der Waals surface area contributed by atoms with Crippen LogP contribution < -0.4 is 15.0 Å². The third-order valence-electron chi connectivity index (χ3n) is 5.19. The molecule has 0 spiro atoms. The second-order valence-corrected chi connectivity index (χ2v) is 7.09. The number of pyridine rings is 1. The Morgan fingerprint density at radius 3 is 2.25 bits per heavy atom. The maximum atomic E-state index is 12.9. The van der Waals surface area contributed by atoms with Crippen LogP contribution in [0.3, 0.4) is 0 Å². The molecule has 1 aromatic carbocycles. The zero-order chi connectivity index (χ0) is 23.5. The van der Waals surface area contributed by atoms with Crippen LogP contribution in [0.4, 0.5) is 13.2 Å². The third-order valence-corrected chi connectivity index (χ3v) is 5.19. The fourth-order valence-electron chi connectivity index (χ4n) is 3.43. The van der Waals surface area contributed by atoms with E-state index >= 15 is 0 Å². The molecule has 0 saturated carbocycles. The van der Waals surface area contributed by atoms with E-state index in [1.54, 1.807) is 23.1 Å². The summed E-state index contributed by atoms with van der Waals surface area (Å²) in [6.07, 6.45) is -3.65. The number of nitrogens with zero attached hydrogens (tertiary/aromatic N) is 3. The van der Waals surface area contributed by atoms with E-state index in [1.165, 1.54) is 19.1 Å². The van der Waals surface area contributed by atoms with Crippen molar-refractivity contribution in [3.05, 3.63) is 58.0 Å². The molecule has 2 amide bonds. The lowest BCUT2D eigenvalue weighted by Gasteiger charge is -2.35. The number of alkyl halides is 3. The number of rotatable bonds is 5. The topological polar surface area (TPSA) is 81.1 Å². The molecule has 172 valence electrons. The van der Waals surface area contributed by atoms with Crippen molar-refractivity contribution in [2.45, 2.75) is 12.7 Å². The van der Waals surface area contributed by atoms with Crippen molar-refractivity contribution in [1.29, 1.82) is 0 Å². The van der Waals surface area contributed by atoms with Gasteiger partial charge in [0.15, 0.2) is 0 Å². The molecule has 0 bridgehead atoms. The number of amides is 2. The Bertz CT molecular complexity index is 1060. The number of methoxy groups -OCH3 is 2. The maximum Gasteiger partial charge on any atom is 0.421 e. The highest BCUT2D eigenvalue weighted by Gasteiger charge is 2.34. The highest BCUT2D eigenvalue weighted by atomic mass is 19.4. The van der Waals surface area contributed by atoms with Crippen molar-refractivity contribution < 1.29 is 32.2 Å². The normalized spacial score (nSPS) is 14.3. The predicted molar refractivity (Wildman–Crippen MR) is 108 cm³/mol. The summed E-state index contributed by atoms with van der Waals surface area (Å²) >= 11 is 0. The van der Waals surface area contributed by atoms with Gasteiger partial charge in [-0.2, -0.15) is 13.2 Å². The number of hydrogen-bond acceptors (Lipinski definition) is 5. The fourth-order valence-corrected chi connectivity index (χ4v) is 3.43. The van der Waals surface area contributed by atoms with E-state index in [4.69, 9.17) is 9.47 Å². The molecule has 3 rings (SSSR count). The maximum absolute atomic E-state index is 12.9. The standard InChI is InChI=1S/C21H22F3N3O5/c1-31-14-5-6-15(17(12-14)32-2)19(29)26-10-8-25(9-11-26)18(28)13-27-7-3-4-16(20(27)30)21(22,23)24/h3-7,12H,8-11,13H2,1-2H3. The molecule has 1 aliphatic heterocycles. The Kier molecular flexibility index (Phi) is 6.75. The van der Waals surface area contributed by atoms with E-state index in [9.17, 15) is 27.6 Å². The summed E-state index contributed by atoms with van der Waals surface area (Å²) in [6, 6.07) is 6.59. The van der Waals surface area contributed by atoms with Gasteiger partial charge in [0.2, 0.25) is 5.91 Å². The molecule has 1 fully saturated rings. The Morgan fingerprint density at radius 2 is 1.66 bits per heavy atom. The number of hydrogen-bond donors (Lipinski definition) is 0. The lowest BCUT2D eigenvalue weighted by atomic mass is 10.1. The Labute approximate surface area is 181 Å². The first-order valence-electron chi connectivity index (χ1n) is 9.71. The lowest BCUT2D eigenvalue weighted by molar-refractivity contribution is -0.139. The number of ether oxygens (including phenoxy) is 2. The number of piperazine rings is 1. The molecular weight excluding hydrogens is 431 g/mol. The molecule has 8 nitrogen and oxygen atoms in total. The summed E-state index contributed by atoms with van der Waals surface area (Å²) < 4.78 is 49.9. The van der Waals surface area contributed by atoms with Gasteiger partial charge in [-0.15, -0.1) is 0 Å². The second-order valence-electron chi connectivity index (χ2n) is 7.09. The fraction of sp³-hybridized carbons (Fsp3) is 0.381. The molecule has 1 saturated heterocycles. The number of aromatic nitrogens is 1. The van der Waals surface area contributed by atoms with Crippen LogP contribution in [-0.2, 0) is 17.5 Å². The summed E-state index contributed by atoms with van der Waals surface area (Å²) in [7, 11) is 2.94. The Hall–Kier alpha value is -3.50. The molecule has 0 atom stereocenters. The van der Waals surface area contributed by atoms with Gasteiger partial charge in [-0.1, -0.05) is 0 Å². The number of halogens is 3. The smallest absolute Gasteiger partial charge is 0.421 e. The zero-order valence-corrected chi connectivity index (χ0v) is 17.5. The highest BCUT2D eigenvalue weighted by molar-refractivity contribution is 5.97. The summed E-state index contributed by atoms with van der Waals surface area (Å²) in [4.78, 5) is 40.4. The predicted octanol–water partition coefficient (Wildman–Crippen LogP) is 1.87.